The Morgan fingerprint density at radius 1 is 1.11 bits per heavy atom. The summed E-state index contributed by atoms with van der Waals surface area (Å²) in [6.45, 7) is 1.65. The molecule has 2 aromatic carbocycles. The molecule has 0 radical (unpaired) electrons. The summed E-state index contributed by atoms with van der Waals surface area (Å²) in [5.74, 6) is 0.330. The summed E-state index contributed by atoms with van der Waals surface area (Å²) >= 11 is 0. The maximum atomic E-state index is 13.1. The van der Waals surface area contributed by atoms with Gasteiger partial charge in [0.05, 0.1) is 31.5 Å². The molecule has 0 aliphatic carbocycles. The molecule has 3 amide bonds. The SMILES string of the molecule is COc1cc(C2NC(=O)NC(C)=C2C(=O)Nc2ccccc2OC)ccc1O. The van der Waals surface area contributed by atoms with Crippen LogP contribution in [-0.4, -0.2) is 31.3 Å². The Morgan fingerprint density at radius 3 is 2.54 bits per heavy atom. The van der Waals surface area contributed by atoms with Gasteiger partial charge in [0, 0.05) is 5.70 Å². The number of hydrogen-bond donors (Lipinski definition) is 4. The fraction of sp³-hybridized carbons (Fsp3) is 0.200. The third kappa shape index (κ3) is 3.71. The van der Waals surface area contributed by atoms with Gasteiger partial charge in [0.25, 0.3) is 5.91 Å². The van der Waals surface area contributed by atoms with E-state index in [-0.39, 0.29) is 11.5 Å². The van der Waals surface area contributed by atoms with Gasteiger partial charge in [-0.3, -0.25) is 4.79 Å². The Balaban J connectivity index is 1.99. The van der Waals surface area contributed by atoms with Crippen LogP contribution in [0.4, 0.5) is 10.5 Å². The normalized spacial score (nSPS) is 16.1. The van der Waals surface area contributed by atoms with Gasteiger partial charge in [-0.05, 0) is 36.8 Å². The first-order valence-electron chi connectivity index (χ1n) is 8.54. The van der Waals surface area contributed by atoms with Gasteiger partial charge in [-0.1, -0.05) is 18.2 Å². The number of ether oxygens (including phenoxy) is 2. The number of nitrogens with one attached hydrogen (secondary N) is 3. The van der Waals surface area contributed by atoms with E-state index in [9.17, 15) is 14.7 Å². The van der Waals surface area contributed by atoms with E-state index in [4.69, 9.17) is 9.47 Å². The van der Waals surface area contributed by atoms with Crippen LogP contribution in [0.5, 0.6) is 17.2 Å². The molecule has 1 aliphatic rings. The lowest BCUT2D eigenvalue weighted by Crippen LogP contribution is -2.46. The number of anilines is 1. The van der Waals surface area contributed by atoms with Crippen LogP contribution in [0.3, 0.4) is 0 Å². The first-order valence-corrected chi connectivity index (χ1v) is 8.54. The topological polar surface area (TPSA) is 109 Å². The van der Waals surface area contributed by atoms with Crippen LogP contribution < -0.4 is 25.4 Å². The van der Waals surface area contributed by atoms with Gasteiger partial charge >= 0.3 is 6.03 Å². The van der Waals surface area contributed by atoms with Gasteiger partial charge in [-0.2, -0.15) is 0 Å². The highest BCUT2D eigenvalue weighted by atomic mass is 16.5. The highest BCUT2D eigenvalue weighted by Gasteiger charge is 2.32. The van der Waals surface area contributed by atoms with E-state index >= 15 is 0 Å². The molecule has 0 bridgehead atoms. The zero-order valence-electron chi connectivity index (χ0n) is 15.7. The second-order valence-electron chi connectivity index (χ2n) is 6.16. The number of carbonyl (C=O) groups is 2. The van der Waals surface area contributed by atoms with E-state index in [1.54, 1.807) is 43.3 Å². The van der Waals surface area contributed by atoms with E-state index in [1.165, 1.54) is 20.3 Å². The highest BCUT2D eigenvalue weighted by Crippen LogP contribution is 2.34. The van der Waals surface area contributed by atoms with Gasteiger partial charge in [0.2, 0.25) is 0 Å². The average molecular weight is 383 g/mol. The number of hydrogen-bond acceptors (Lipinski definition) is 5. The molecule has 8 heteroatoms. The van der Waals surface area contributed by atoms with Crippen molar-refractivity contribution in [3.8, 4) is 17.2 Å². The maximum Gasteiger partial charge on any atom is 0.319 e. The quantitative estimate of drug-likeness (QED) is 0.635. The summed E-state index contributed by atoms with van der Waals surface area (Å²) in [6.07, 6.45) is 0. The van der Waals surface area contributed by atoms with Crippen molar-refractivity contribution in [3.63, 3.8) is 0 Å². The van der Waals surface area contributed by atoms with Gasteiger partial charge < -0.3 is 30.5 Å². The van der Waals surface area contributed by atoms with Gasteiger partial charge in [0.15, 0.2) is 11.5 Å². The minimum absolute atomic E-state index is 0.0350. The Morgan fingerprint density at radius 2 is 1.82 bits per heavy atom. The van der Waals surface area contributed by atoms with Crippen LogP contribution in [0, 0.1) is 0 Å². The number of allylic oxidation sites excluding steroid dienone is 1. The number of methoxy groups -OCH3 is 2. The molecule has 0 spiro atoms. The zero-order chi connectivity index (χ0) is 20.3. The number of urea groups is 1. The number of para-hydroxylation sites is 2. The highest BCUT2D eigenvalue weighted by molar-refractivity contribution is 6.07. The van der Waals surface area contributed by atoms with Gasteiger partial charge in [-0.15, -0.1) is 0 Å². The fourth-order valence-corrected chi connectivity index (χ4v) is 3.06. The molecule has 4 N–H and O–H groups in total. The van der Waals surface area contributed by atoms with Crippen LogP contribution in [0.1, 0.15) is 18.5 Å². The van der Waals surface area contributed by atoms with Crippen LogP contribution in [0.15, 0.2) is 53.7 Å². The van der Waals surface area contributed by atoms with E-state index in [0.29, 0.717) is 28.3 Å². The Kier molecular flexibility index (Phi) is 5.39. The van der Waals surface area contributed by atoms with Gasteiger partial charge in [0.1, 0.15) is 5.75 Å². The van der Waals surface area contributed by atoms with E-state index in [0.717, 1.165) is 0 Å². The molecule has 1 heterocycles. The first kappa shape index (κ1) is 19.1. The number of carbonyl (C=O) groups excluding carboxylic acids is 2. The third-order valence-electron chi connectivity index (χ3n) is 4.41. The molecule has 146 valence electrons. The zero-order valence-corrected chi connectivity index (χ0v) is 15.7. The van der Waals surface area contributed by atoms with Crippen LogP contribution in [0.2, 0.25) is 0 Å². The second-order valence-corrected chi connectivity index (χ2v) is 6.16. The van der Waals surface area contributed by atoms with Crippen molar-refractivity contribution in [3.05, 3.63) is 59.3 Å². The van der Waals surface area contributed by atoms with Crippen molar-refractivity contribution in [1.29, 1.82) is 0 Å². The molecule has 0 fully saturated rings. The van der Waals surface area contributed by atoms with Crippen molar-refractivity contribution < 1.29 is 24.2 Å². The molecule has 0 saturated heterocycles. The lowest BCUT2D eigenvalue weighted by atomic mass is 9.94. The van der Waals surface area contributed by atoms with E-state index in [2.05, 4.69) is 16.0 Å². The lowest BCUT2D eigenvalue weighted by Gasteiger charge is -2.29. The van der Waals surface area contributed by atoms with Crippen molar-refractivity contribution in [2.45, 2.75) is 13.0 Å². The lowest BCUT2D eigenvalue weighted by molar-refractivity contribution is -0.113. The predicted octanol–water partition coefficient (Wildman–Crippen LogP) is 2.68. The summed E-state index contributed by atoms with van der Waals surface area (Å²) in [5, 5.41) is 18.0. The Bertz CT molecular complexity index is 955. The molecule has 3 rings (SSSR count). The van der Waals surface area contributed by atoms with Crippen molar-refractivity contribution >= 4 is 17.6 Å². The minimum atomic E-state index is -0.724. The third-order valence-corrected chi connectivity index (χ3v) is 4.41. The molecule has 0 saturated carbocycles. The number of rotatable bonds is 5. The number of phenolic OH excluding ortho intramolecular Hbond substituents is 1. The fourth-order valence-electron chi connectivity index (χ4n) is 3.06. The summed E-state index contributed by atoms with van der Waals surface area (Å²) in [7, 11) is 2.94. The standard InChI is InChI=1S/C20H21N3O5/c1-11-17(19(25)22-13-6-4-5-7-15(13)27-2)18(23-20(26)21-11)12-8-9-14(24)16(10-12)28-3/h4-10,18,24H,1-3H3,(H,22,25)(H2,21,23,26). The predicted molar refractivity (Wildman–Crippen MR) is 103 cm³/mol. The average Bonchev–Trinajstić information content (AvgIpc) is 2.68. The summed E-state index contributed by atoms with van der Waals surface area (Å²) in [4.78, 5) is 25.1. The molecule has 2 aromatic rings. The molecule has 28 heavy (non-hydrogen) atoms. The molecule has 0 aromatic heterocycles. The van der Waals surface area contributed by atoms with Crippen molar-refractivity contribution in [1.82, 2.24) is 10.6 Å². The molecular weight excluding hydrogens is 362 g/mol. The Labute approximate surface area is 162 Å². The molecule has 8 nitrogen and oxygen atoms in total. The van der Waals surface area contributed by atoms with E-state index < -0.39 is 18.0 Å². The van der Waals surface area contributed by atoms with Gasteiger partial charge in [-0.25, -0.2) is 4.79 Å². The van der Waals surface area contributed by atoms with Crippen LogP contribution in [-0.2, 0) is 4.79 Å². The number of benzene rings is 2. The smallest absolute Gasteiger partial charge is 0.319 e. The Hall–Kier alpha value is -3.68. The summed E-state index contributed by atoms with van der Waals surface area (Å²) in [6, 6.07) is 10.5. The number of aromatic hydroxyl groups is 1. The minimum Gasteiger partial charge on any atom is -0.504 e. The number of amides is 3. The monoisotopic (exact) mass is 383 g/mol. The van der Waals surface area contributed by atoms with Crippen molar-refractivity contribution in [2.75, 3.05) is 19.5 Å². The second kappa shape index (κ2) is 7.91. The summed E-state index contributed by atoms with van der Waals surface area (Å²) in [5.41, 5.74) is 1.86. The molecule has 1 atom stereocenters. The molecule has 1 aliphatic heterocycles. The van der Waals surface area contributed by atoms with Crippen LogP contribution in [0.25, 0.3) is 0 Å². The summed E-state index contributed by atoms with van der Waals surface area (Å²) < 4.78 is 10.4. The maximum absolute atomic E-state index is 13.1. The van der Waals surface area contributed by atoms with Crippen LogP contribution >= 0.6 is 0 Å². The van der Waals surface area contributed by atoms with E-state index in [1.807, 2.05) is 0 Å². The number of phenols is 1. The van der Waals surface area contributed by atoms with Crippen molar-refractivity contribution in [2.24, 2.45) is 0 Å². The molecule has 1 unspecified atom stereocenters. The first-order chi connectivity index (χ1) is 13.4. The molecular formula is C20H21N3O5. The largest absolute Gasteiger partial charge is 0.504 e.